The smallest absolute Gasteiger partial charge is 0.317 e. The number of hydrogen-bond acceptors (Lipinski definition) is 4. The average Bonchev–Trinajstić information content (AvgIpc) is 2.47. The van der Waals surface area contributed by atoms with Crippen molar-refractivity contribution in [2.24, 2.45) is 5.92 Å². The molecule has 14 heavy (non-hydrogen) atoms. The van der Waals surface area contributed by atoms with E-state index < -0.39 is 11.9 Å². The minimum atomic E-state index is -0.422. The zero-order valence-corrected chi connectivity index (χ0v) is 7.47. The molecule has 0 aromatic carbocycles. The number of nitrogens with zero attached hydrogens (tertiary/aromatic N) is 1. The number of rotatable bonds is 2. The first-order valence-corrected chi connectivity index (χ1v) is 4.39. The fourth-order valence-electron chi connectivity index (χ4n) is 1.48. The molecule has 1 aliphatic rings. The maximum absolute atomic E-state index is 11.1. The molecule has 1 saturated heterocycles. The van der Waals surface area contributed by atoms with Crippen LogP contribution in [0.4, 0.5) is 0 Å². The number of hydrogen-bond donors (Lipinski definition) is 0. The third-order valence-electron chi connectivity index (χ3n) is 2.19. The Balaban J connectivity index is 2.05. The Morgan fingerprint density at radius 3 is 2.64 bits per heavy atom. The molecule has 72 valence electrons. The van der Waals surface area contributed by atoms with E-state index in [0.717, 1.165) is 5.56 Å². The fourth-order valence-corrected chi connectivity index (χ4v) is 1.48. The van der Waals surface area contributed by atoms with E-state index in [1.54, 1.807) is 12.4 Å². The molecular weight excluding hydrogens is 182 g/mol. The van der Waals surface area contributed by atoms with Gasteiger partial charge >= 0.3 is 11.9 Å². The van der Waals surface area contributed by atoms with Gasteiger partial charge in [-0.1, -0.05) is 0 Å². The van der Waals surface area contributed by atoms with E-state index in [4.69, 9.17) is 0 Å². The lowest BCUT2D eigenvalue weighted by Crippen LogP contribution is -2.10. The van der Waals surface area contributed by atoms with Gasteiger partial charge in [-0.3, -0.25) is 14.6 Å². The Labute approximate surface area is 80.9 Å². The number of esters is 2. The zero-order valence-electron chi connectivity index (χ0n) is 7.47. The number of pyridine rings is 1. The van der Waals surface area contributed by atoms with Crippen LogP contribution in [0.3, 0.4) is 0 Å². The molecule has 1 aromatic rings. The summed E-state index contributed by atoms with van der Waals surface area (Å²) in [4.78, 5) is 25.8. The van der Waals surface area contributed by atoms with Crippen molar-refractivity contribution in [2.75, 3.05) is 0 Å². The Bertz CT molecular complexity index is 361. The van der Waals surface area contributed by atoms with E-state index in [1.807, 2.05) is 12.1 Å². The molecule has 0 aliphatic carbocycles. The summed E-state index contributed by atoms with van der Waals surface area (Å²) in [6, 6.07) is 3.66. The second-order valence-corrected chi connectivity index (χ2v) is 3.25. The fraction of sp³-hybridized carbons (Fsp3) is 0.300. The Morgan fingerprint density at radius 2 is 2.07 bits per heavy atom. The van der Waals surface area contributed by atoms with Crippen LogP contribution in [0, 0.1) is 5.92 Å². The van der Waals surface area contributed by atoms with Gasteiger partial charge in [0.15, 0.2) is 0 Å². The van der Waals surface area contributed by atoms with E-state index in [0.29, 0.717) is 6.42 Å². The molecule has 1 atom stereocenters. The molecule has 4 heteroatoms. The molecule has 0 spiro atoms. The molecule has 1 aliphatic heterocycles. The SMILES string of the molecule is O=C1CC(Cc2ccncc2)C(=O)O1. The van der Waals surface area contributed by atoms with Gasteiger partial charge in [-0.05, 0) is 24.1 Å². The predicted molar refractivity (Wildman–Crippen MR) is 47.1 cm³/mol. The molecule has 2 heterocycles. The third-order valence-corrected chi connectivity index (χ3v) is 2.19. The molecule has 0 bridgehead atoms. The minimum absolute atomic E-state index is 0.196. The molecule has 1 aromatic heterocycles. The van der Waals surface area contributed by atoms with Crippen LogP contribution in [0.5, 0.6) is 0 Å². The van der Waals surface area contributed by atoms with Crippen molar-refractivity contribution in [3.05, 3.63) is 30.1 Å². The molecule has 2 rings (SSSR count). The third kappa shape index (κ3) is 1.79. The highest BCUT2D eigenvalue weighted by atomic mass is 16.6. The van der Waals surface area contributed by atoms with E-state index in [-0.39, 0.29) is 12.3 Å². The monoisotopic (exact) mass is 191 g/mol. The van der Waals surface area contributed by atoms with Gasteiger partial charge in [-0.15, -0.1) is 0 Å². The summed E-state index contributed by atoms with van der Waals surface area (Å²) in [6.07, 6.45) is 4.07. The summed E-state index contributed by atoms with van der Waals surface area (Å²) in [6.45, 7) is 0. The standard InChI is InChI=1S/C10H9NO3/c12-9-6-8(10(13)14-9)5-7-1-3-11-4-2-7/h1-4,8H,5-6H2. The van der Waals surface area contributed by atoms with Gasteiger partial charge in [0.25, 0.3) is 0 Å². The lowest BCUT2D eigenvalue weighted by molar-refractivity contribution is -0.153. The van der Waals surface area contributed by atoms with Crippen LogP contribution in [0.25, 0.3) is 0 Å². The van der Waals surface area contributed by atoms with Gasteiger partial charge in [-0.25, -0.2) is 0 Å². The van der Waals surface area contributed by atoms with Crippen molar-refractivity contribution < 1.29 is 14.3 Å². The lowest BCUT2D eigenvalue weighted by Gasteiger charge is -2.02. The summed E-state index contributed by atoms with van der Waals surface area (Å²) < 4.78 is 4.45. The topological polar surface area (TPSA) is 56.3 Å². The molecule has 0 N–H and O–H groups in total. The first kappa shape index (κ1) is 8.87. The van der Waals surface area contributed by atoms with E-state index in [1.165, 1.54) is 0 Å². The van der Waals surface area contributed by atoms with Gasteiger partial charge in [-0.2, -0.15) is 0 Å². The van der Waals surface area contributed by atoms with Crippen LogP contribution < -0.4 is 0 Å². The molecular formula is C10H9NO3. The Morgan fingerprint density at radius 1 is 1.36 bits per heavy atom. The highest BCUT2D eigenvalue weighted by molar-refractivity contribution is 5.94. The summed E-state index contributed by atoms with van der Waals surface area (Å²) in [5.41, 5.74) is 0.997. The van der Waals surface area contributed by atoms with Crippen LogP contribution in [-0.2, 0) is 20.7 Å². The Hall–Kier alpha value is -1.71. The second kappa shape index (κ2) is 3.57. The van der Waals surface area contributed by atoms with E-state index in [9.17, 15) is 9.59 Å². The van der Waals surface area contributed by atoms with Crippen molar-refractivity contribution in [2.45, 2.75) is 12.8 Å². The number of aromatic nitrogens is 1. The van der Waals surface area contributed by atoms with Crippen LogP contribution in [-0.4, -0.2) is 16.9 Å². The normalized spacial score (nSPS) is 21.0. The molecule has 0 saturated carbocycles. The quantitative estimate of drug-likeness (QED) is 0.510. The second-order valence-electron chi connectivity index (χ2n) is 3.25. The number of cyclic esters (lactones) is 2. The largest absolute Gasteiger partial charge is 0.393 e. The van der Waals surface area contributed by atoms with Crippen molar-refractivity contribution >= 4 is 11.9 Å². The predicted octanol–water partition coefficient (Wildman–Crippen LogP) is 0.714. The number of carbonyl (C=O) groups excluding carboxylic acids is 2. The van der Waals surface area contributed by atoms with Crippen LogP contribution in [0.1, 0.15) is 12.0 Å². The number of carbonyl (C=O) groups is 2. The highest BCUT2D eigenvalue weighted by Crippen LogP contribution is 2.20. The van der Waals surface area contributed by atoms with Crippen molar-refractivity contribution in [3.8, 4) is 0 Å². The lowest BCUT2D eigenvalue weighted by atomic mass is 9.99. The van der Waals surface area contributed by atoms with E-state index in [2.05, 4.69) is 9.72 Å². The van der Waals surface area contributed by atoms with Crippen molar-refractivity contribution in [1.29, 1.82) is 0 Å². The summed E-state index contributed by atoms with van der Waals surface area (Å²) >= 11 is 0. The maximum atomic E-state index is 11.1. The number of ether oxygens (including phenoxy) is 1. The summed E-state index contributed by atoms with van der Waals surface area (Å²) in [5, 5.41) is 0. The molecule has 0 radical (unpaired) electrons. The van der Waals surface area contributed by atoms with Crippen LogP contribution in [0.2, 0.25) is 0 Å². The Kier molecular flexibility index (Phi) is 2.26. The zero-order chi connectivity index (χ0) is 9.97. The highest BCUT2D eigenvalue weighted by Gasteiger charge is 2.33. The van der Waals surface area contributed by atoms with Gasteiger partial charge in [0.2, 0.25) is 0 Å². The van der Waals surface area contributed by atoms with Gasteiger partial charge in [0, 0.05) is 12.4 Å². The van der Waals surface area contributed by atoms with Gasteiger partial charge in [0.1, 0.15) is 0 Å². The van der Waals surface area contributed by atoms with Gasteiger partial charge < -0.3 is 4.74 Å². The first-order chi connectivity index (χ1) is 6.75. The summed E-state index contributed by atoms with van der Waals surface area (Å²) in [5.74, 6) is -1.15. The first-order valence-electron chi connectivity index (χ1n) is 4.39. The maximum Gasteiger partial charge on any atom is 0.317 e. The summed E-state index contributed by atoms with van der Waals surface area (Å²) in [7, 11) is 0. The van der Waals surface area contributed by atoms with Gasteiger partial charge in [0.05, 0.1) is 12.3 Å². The van der Waals surface area contributed by atoms with Crippen molar-refractivity contribution in [3.63, 3.8) is 0 Å². The molecule has 0 amide bonds. The van der Waals surface area contributed by atoms with E-state index >= 15 is 0 Å². The molecule has 4 nitrogen and oxygen atoms in total. The molecule has 1 fully saturated rings. The van der Waals surface area contributed by atoms with Crippen molar-refractivity contribution in [1.82, 2.24) is 4.98 Å². The average molecular weight is 191 g/mol. The molecule has 1 unspecified atom stereocenters. The van der Waals surface area contributed by atoms with Crippen LogP contribution in [0.15, 0.2) is 24.5 Å². The van der Waals surface area contributed by atoms with Crippen LogP contribution >= 0.6 is 0 Å². The minimum Gasteiger partial charge on any atom is -0.393 e.